The van der Waals surface area contributed by atoms with Gasteiger partial charge in [-0.15, -0.1) is 0 Å². The fraction of sp³-hybridized carbons (Fsp3) is 0.510. The smallest absolute Gasteiger partial charge is 0.124 e. The van der Waals surface area contributed by atoms with Crippen molar-refractivity contribution < 1.29 is 4.74 Å². The van der Waals surface area contributed by atoms with Crippen molar-refractivity contribution in [2.24, 2.45) is 35.0 Å². The van der Waals surface area contributed by atoms with Gasteiger partial charge in [-0.25, -0.2) is 0 Å². The maximum atomic E-state index is 6.77. The molecule has 9 aliphatic rings. The van der Waals surface area contributed by atoms with Crippen molar-refractivity contribution in [3.63, 3.8) is 0 Å². The molecule has 0 bridgehead atoms. The Morgan fingerprint density at radius 2 is 1.55 bits per heavy atom. The molecular weight excluding hydrogens is 619 g/mol. The van der Waals surface area contributed by atoms with Crippen molar-refractivity contribution in [3.8, 4) is 0 Å². The van der Waals surface area contributed by atoms with Gasteiger partial charge in [0.2, 0.25) is 0 Å². The molecule has 8 aliphatic carbocycles. The van der Waals surface area contributed by atoms with E-state index in [4.69, 9.17) is 4.74 Å². The first kappa shape index (κ1) is 32.2. The molecule has 264 valence electrons. The van der Waals surface area contributed by atoms with Crippen molar-refractivity contribution in [2.45, 2.75) is 120 Å². The van der Waals surface area contributed by atoms with E-state index in [-0.39, 0.29) is 11.5 Å². The monoisotopic (exact) mass is 675 g/mol. The van der Waals surface area contributed by atoms with Crippen LogP contribution in [0.2, 0.25) is 0 Å². The summed E-state index contributed by atoms with van der Waals surface area (Å²) in [6, 6.07) is 12.2. The fourth-order valence-electron chi connectivity index (χ4n) is 13.1. The van der Waals surface area contributed by atoms with Crippen LogP contribution in [0.25, 0.3) is 0 Å². The van der Waals surface area contributed by atoms with Gasteiger partial charge in [0.15, 0.2) is 0 Å². The number of hydrogen-bond donors (Lipinski definition) is 0. The quantitative estimate of drug-likeness (QED) is 0.278. The van der Waals surface area contributed by atoms with Crippen molar-refractivity contribution in [1.82, 2.24) is 4.90 Å². The molecule has 1 aliphatic heterocycles. The third-order valence-corrected chi connectivity index (χ3v) is 15.0. The van der Waals surface area contributed by atoms with Gasteiger partial charge in [-0.05, 0) is 137 Å². The zero-order chi connectivity index (χ0) is 33.8. The van der Waals surface area contributed by atoms with Gasteiger partial charge in [0.05, 0.1) is 12.1 Å². The summed E-state index contributed by atoms with van der Waals surface area (Å²) >= 11 is 0. The summed E-state index contributed by atoms with van der Waals surface area (Å²) in [5.74, 6) is 4.96. The third-order valence-electron chi connectivity index (χ3n) is 15.0. The molecule has 0 aromatic heterocycles. The van der Waals surface area contributed by atoms with E-state index >= 15 is 0 Å². The Labute approximate surface area is 307 Å². The molecule has 51 heavy (non-hydrogen) atoms. The summed E-state index contributed by atoms with van der Waals surface area (Å²) < 4.78 is 6.77. The van der Waals surface area contributed by atoms with E-state index in [1.54, 1.807) is 16.8 Å². The summed E-state index contributed by atoms with van der Waals surface area (Å²) in [7, 11) is 0. The molecule has 1 aromatic rings. The highest BCUT2D eigenvalue weighted by Crippen LogP contribution is 2.69. The highest BCUT2D eigenvalue weighted by Gasteiger charge is 2.62. The molecule has 2 nitrogen and oxygen atoms in total. The molecule has 0 spiro atoms. The molecule has 2 fully saturated rings. The van der Waals surface area contributed by atoms with Crippen LogP contribution in [0.4, 0.5) is 0 Å². The average molecular weight is 676 g/mol. The Bertz CT molecular complexity index is 1780. The van der Waals surface area contributed by atoms with Gasteiger partial charge in [0.25, 0.3) is 0 Å². The predicted octanol–water partition coefficient (Wildman–Crippen LogP) is 12.0. The van der Waals surface area contributed by atoms with Gasteiger partial charge in [-0.3, -0.25) is 0 Å². The number of benzene rings is 1. The predicted molar refractivity (Wildman–Crippen MR) is 210 cm³/mol. The van der Waals surface area contributed by atoms with Crippen molar-refractivity contribution in [3.05, 3.63) is 143 Å². The molecule has 0 amide bonds. The number of rotatable bonds is 6. The van der Waals surface area contributed by atoms with Crippen LogP contribution >= 0.6 is 0 Å². The average Bonchev–Trinajstić information content (AvgIpc) is 3.73. The van der Waals surface area contributed by atoms with Crippen LogP contribution in [-0.4, -0.2) is 23.1 Å². The number of nitrogens with zero attached hydrogens (tertiary/aromatic N) is 1. The molecular formula is C49H57NO. The van der Waals surface area contributed by atoms with E-state index < -0.39 is 0 Å². The number of allylic oxidation sites excluding steroid dienone is 13. The van der Waals surface area contributed by atoms with E-state index in [1.165, 1.54) is 88.4 Å². The van der Waals surface area contributed by atoms with Crippen LogP contribution in [0.1, 0.15) is 108 Å². The highest BCUT2D eigenvalue weighted by molar-refractivity contribution is 5.47. The van der Waals surface area contributed by atoms with E-state index in [2.05, 4.69) is 114 Å². The number of fused-ring (bicyclic) bond motifs is 5. The van der Waals surface area contributed by atoms with Crippen LogP contribution in [-0.2, 0) is 4.74 Å². The summed E-state index contributed by atoms with van der Waals surface area (Å²) in [5, 5.41) is 0. The summed E-state index contributed by atoms with van der Waals surface area (Å²) in [4.78, 5) is 3.00. The minimum atomic E-state index is 0.199. The molecule has 2 saturated carbocycles. The second kappa shape index (κ2) is 13.5. The second-order valence-corrected chi connectivity index (χ2v) is 17.2. The lowest BCUT2D eigenvalue weighted by Crippen LogP contribution is -2.49. The van der Waals surface area contributed by atoms with Gasteiger partial charge >= 0.3 is 0 Å². The maximum absolute atomic E-state index is 6.77. The van der Waals surface area contributed by atoms with Crippen molar-refractivity contribution >= 4 is 0 Å². The minimum absolute atomic E-state index is 0.199. The molecule has 10 atom stereocenters. The van der Waals surface area contributed by atoms with Crippen LogP contribution in [0.5, 0.6) is 0 Å². The highest BCUT2D eigenvalue weighted by atomic mass is 16.5. The zero-order valence-corrected chi connectivity index (χ0v) is 30.6. The first-order chi connectivity index (χ1) is 25.3. The molecule has 2 heteroatoms. The number of ether oxygens (including phenoxy) is 1. The Hall–Kier alpha value is -3.52. The van der Waals surface area contributed by atoms with E-state index in [0.717, 1.165) is 37.0 Å². The molecule has 10 unspecified atom stereocenters. The SMILES string of the molecule is C1=CC(C2(C3CC=CCC3)C3CC(N(C4CC=CC5=C4C4CCC=CC4O5)C4C=CCCC4c4ccccc4)=CC=C3C3CCCCC32)=CCC1. The van der Waals surface area contributed by atoms with E-state index in [0.29, 0.717) is 29.8 Å². The first-order valence-corrected chi connectivity index (χ1v) is 21.0. The second-order valence-electron chi connectivity index (χ2n) is 17.2. The van der Waals surface area contributed by atoms with E-state index in [1.807, 2.05) is 5.57 Å². The van der Waals surface area contributed by atoms with Gasteiger partial charge in [-0.1, -0.05) is 110 Å². The Kier molecular flexibility index (Phi) is 8.49. The standard InChI is InChI=1S/C49H57NO/c1-4-17-34(18-5-1)38-23-11-14-27-44(38)50(45-28-16-30-47-48(45)41-25-12-15-29-46(41)51-47)37-31-32-40-39-24-10-13-26-42(39)49(43(40)33-37,35-19-6-2-7-20-35)36-21-8-3-9-22-36/h1-2,4-6,8,14-18,21-22,27,29-32,35,38-39,41-46H,3,7,9-13,19-20,23-26,28,33H2. The van der Waals surface area contributed by atoms with Crippen LogP contribution in [0, 0.1) is 35.0 Å². The van der Waals surface area contributed by atoms with Gasteiger partial charge in [-0.2, -0.15) is 0 Å². The third kappa shape index (κ3) is 5.24. The van der Waals surface area contributed by atoms with Crippen LogP contribution < -0.4 is 0 Å². The summed E-state index contributed by atoms with van der Waals surface area (Å²) in [5.41, 5.74) is 8.46. The molecule has 0 N–H and O–H groups in total. The molecule has 0 saturated heterocycles. The van der Waals surface area contributed by atoms with Crippen molar-refractivity contribution in [2.75, 3.05) is 0 Å². The first-order valence-electron chi connectivity index (χ1n) is 21.0. The Balaban J connectivity index is 1.12. The minimum Gasteiger partial charge on any atom is -0.486 e. The van der Waals surface area contributed by atoms with Gasteiger partial charge in [0, 0.05) is 28.5 Å². The Morgan fingerprint density at radius 1 is 0.686 bits per heavy atom. The largest absolute Gasteiger partial charge is 0.486 e. The van der Waals surface area contributed by atoms with Crippen LogP contribution in [0.15, 0.2) is 137 Å². The van der Waals surface area contributed by atoms with Crippen LogP contribution in [0.3, 0.4) is 0 Å². The fourth-order valence-corrected chi connectivity index (χ4v) is 13.1. The Morgan fingerprint density at radius 3 is 2.41 bits per heavy atom. The molecule has 0 radical (unpaired) electrons. The zero-order valence-electron chi connectivity index (χ0n) is 30.6. The lowest BCUT2D eigenvalue weighted by atomic mass is 9.53. The van der Waals surface area contributed by atoms with E-state index in [9.17, 15) is 0 Å². The topological polar surface area (TPSA) is 12.5 Å². The molecule has 1 heterocycles. The lowest BCUT2D eigenvalue weighted by molar-refractivity contribution is 0.0534. The van der Waals surface area contributed by atoms with Crippen molar-refractivity contribution in [1.29, 1.82) is 0 Å². The van der Waals surface area contributed by atoms with Gasteiger partial charge in [0.1, 0.15) is 11.9 Å². The maximum Gasteiger partial charge on any atom is 0.124 e. The normalized spacial score (nSPS) is 39.3. The summed E-state index contributed by atoms with van der Waals surface area (Å²) in [6.07, 6.45) is 51.9. The molecule has 1 aromatic carbocycles. The lowest BCUT2D eigenvalue weighted by Gasteiger charge is -2.52. The number of hydrogen-bond acceptors (Lipinski definition) is 2. The van der Waals surface area contributed by atoms with Gasteiger partial charge < -0.3 is 9.64 Å². The molecule has 10 rings (SSSR count). The summed E-state index contributed by atoms with van der Waals surface area (Å²) in [6.45, 7) is 0.